The van der Waals surface area contributed by atoms with Gasteiger partial charge in [0.05, 0.1) is 6.54 Å². The third kappa shape index (κ3) is 5.58. The van der Waals surface area contributed by atoms with E-state index >= 15 is 0 Å². The van der Waals surface area contributed by atoms with Crippen LogP contribution >= 0.6 is 0 Å². The number of rotatable bonds is 7. The maximum atomic E-state index is 12.1. The molecule has 2 aliphatic rings. The van der Waals surface area contributed by atoms with E-state index in [1.54, 1.807) is 0 Å². The van der Waals surface area contributed by atoms with Gasteiger partial charge in [-0.2, -0.15) is 0 Å². The first kappa shape index (κ1) is 17.4. The highest BCUT2D eigenvalue weighted by molar-refractivity contribution is 5.77. The predicted molar refractivity (Wildman–Crippen MR) is 96.8 cm³/mol. The van der Waals surface area contributed by atoms with Crippen LogP contribution in [0.25, 0.3) is 0 Å². The molecule has 0 aliphatic carbocycles. The van der Waals surface area contributed by atoms with E-state index in [-0.39, 0.29) is 5.91 Å². The largest absolute Gasteiger partial charge is 0.355 e. The normalized spacial score (nSPS) is 22.6. The SMILES string of the molecule is O=C(CN1CCN(Cc2ccccc2)CC1)NCCC1CCCN1. The minimum absolute atomic E-state index is 0.171. The molecule has 1 aromatic carbocycles. The van der Waals surface area contributed by atoms with Crippen molar-refractivity contribution >= 4 is 5.91 Å². The third-order valence-corrected chi connectivity index (χ3v) is 5.06. The van der Waals surface area contributed by atoms with Crippen molar-refractivity contribution < 1.29 is 4.79 Å². The molecule has 1 aromatic rings. The fourth-order valence-corrected chi connectivity index (χ4v) is 3.60. The molecule has 1 unspecified atom stereocenters. The Bertz CT molecular complexity index is 493. The summed E-state index contributed by atoms with van der Waals surface area (Å²) in [6.07, 6.45) is 3.57. The molecule has 2 aliphatic heterocycles. The highest BCUT2D eigenvalue weighted by atomic mass is 16.2. The van der Waals surface area contributed by atoms with Gasteiger partial charge in [0, 0.05) is 45.3 Å². The van der Waals surface area contributed by atoms with Gasteiger partial charge in [-0.3, -0.25) is 14.6 Å². The average Bonchev–Trinajstić information content (AvgIpc) is 3.11. The lowest BCUT2D eigenvalue weighted by molar-refractivity contribution is -0.122. The lowest BCUT2D eigenvalue weighted by atomic mass is 10.1. The third-order valence-electron chi connectivity index (χ3n) is 5.06. The van der Waals surface area contributed by atoms with Crippen LogP contribution in [-0.2, 0) is 11.3 Å². The molecule has 2 saturated heterocycles. The van der Waals surface area contributed by atoms with Crippen LogP contribution in [0.1, 0.15) is 24.8 Å². The smallest absolute Gasteiger partial charge is 0.234 e. The molecule has 0 radical (unpaired) electrons. The summed E-state index contributed by atoms with van der Waals surface area (Å²) in [5.41, 5.74) is 1.37. The van der Waals surface area contributed by atoms with Crippen LogP contribution in [0.15, 0.2) is 30.3 Å². The van der Waals surface area contributed by atoms with Gasteiger partial charge >= 0.3 is 0 Å². The minimum atomic E-state index is 0.171. The van der Waals surface area contributed by atoms with E-state index in [1.165, 1.54) is 18.4 Å². The second kappa shape index (κ2) is 9.16. The van der Waals surface area contributed by atoms with Crippen LogP contribution in [0.5, 0.6) is 0 Å². The van der Waals surface area contributed by atoms with Crippen molar-refractivity contribution in [3.63, 3.8) is 0 Å². The van der Waals surface area contributed by atoms with Crippen molar-refractivity contribution in [2.24, 2.45) is 0 Å². The zero-order chi connectivity index (χ0) is 16.6. The van der Waals surface area contributed by atoms with Gasteiger partial charge in [-0.1, -0.05) is 30.3 Å². The van der Waals surface area contributed by atoms with E-state index in [4.69, 9.17) is 0 Å². The number of benzene rings is 1. The molecule has 1 atom stereocenters. The lowest BCUT2D eigenvalue weighted by Crippen LogP contribution is -2.49. The van der Waals surface area contributed by atoms with Crippen LogP contribution in [0.4, 0.5) is 0 Å². The number of carbonyl (C=O) groups excluding carboxylic acids is 1. The van der Waals surface area contributed by atoms with Crippen LogP contribution in [0.3, 0.4) is 0 Å². The van der Waals surface area contributed by atoms with E-state index in [0.717, 1.165) is 52.2 Å². The number of nitrogens with one attached hydrogen (secondary N) is 2. The van der Waals surface area contributed by atoms with Crippen LogP contribution in [0, 0.1) is 0 Å². The Hall–Kier alpha value is -1.43. The molecule has 132 valence electrons. The van der Waals surface area contributed by atoms with Gasteiger partial charge in [-0.15, -0.1) is 0 Å². The van der Waals surface area contributed by atoms with Gasteiger partial charge in [-0.25, -0.2) is 0 Å². The van der Waals surface area contributed by atoms with Crippen molar-refractivity contribution in [2.45, 2.75) is 31.8 Å². The second-order valence-corrected chi connectivity index (χ2v) is 6.97. The lowest BCUT2D eigenvalue weighted by Gasteiger charge is -2.34. The molecule has 0 aromatic heterocycles. The summed E-state index contributed by atoms with van der Waals surface area (Å²) in [5, 5.41) is 6.54. The first-order valence-electron chi connectivity index (χ1n) is 9.28. The number of nitrogens with zero attached hydrogens (tertiary/aromatic N) is 2. The summed E-state index contributed by atoms with van der Waals surface area (Å²) in [6, 6.07) is 11.2. The van der Waals surface area contributed by atoms with Crippen molar-refractivity contribution in [2.75, 3.05) is 45.8 Å². The molecule has 5 nitrogen and oxygen atoms in total. The van der Waals surface area contributed by atoms with Gasteiger partial charge < -0.3 is 10.6 Å². The summed E-state index contributed by atoms with van der Waals surface area (Å²) >= 11 is 0. The van der Waals surface area contributed by atoms with Crippen LogP contribution in [-0.4, -0.2) is 67.6 Å². The molecule has 5 heteroatoms. The van der Waals surface area contributed by atoms with E-state index in [9.17, 15) is 4.79 Å². The van der Waals surface area contributed by atoms with Gasteiger partial charge in [0.2, 0.25) is 5.91 Å². The van der Waals surface area contributed by atoms with Crippen molar-refractivity contribution in [3.05, 3.63) is 35.9 Å². The monoisotopic (exact) mass is 330 g/mol. The molecular weight excluding hydrogens is 300 g/mol. The molecule has 0 spiro atoms. The number of carbonyl (C=O) groups is 1. The number of amides is 1. The summed E-state index contributed by atoms with van der Waals surface area (Å²) in [4.78, 5) is 16.8. The topological polar surface area (TPSA) is 47.6 Å². The Morgan fingerprint density at radius 1 is 1.12 bits per heavy atom. The molecule has 1 amide bonds. The first-order valence-corrected chi connectivity index (χ1v) is 9.28. The Morgan fingerprint density at radius 3 is 2.58 bits per heavy atom. The zero-order valence-electron chi connectivity index (χ0n) is 14.5. The summed E-state index contributed by atoms with van der Waals surface area (Å²) in [7, 11) is 0. The van der Waals surface area contributed by atoms with E-state index in [2.05, 4.69) is 50.8 Å². The molecule has 24 heavy (non-hydrogen) atoms. The first-order chi connectivity index (χ1) is 11.8. The Kier molecular flexibility index (Phi) is 6.64. The average molecular weight is 330 g/mol. The maximum absolute atomic E-state index is 12.1. The zero-order valence-corrected chi connectivity index (χ0v) is 14.5. The molecule has 3 rings (SSSR count). The van der Waals surface area contributed by atoms with Crippen molar-refractivity contribution in [3.8, 4) is 0 Å². The van der Waals surface area contributed by atoms with E-state index < -0.39 is 0 Å². The number of hydrogen-bond acceptors (Lipinski definition) is 4. The van der Waals surface area contributed by atoms with Crippen LogP contribution < -0.4 is 10.6 Å². The molecule has 0 bridgehead atoms. The standard InChI is InChI=1S/C19H30N4O/c24-19(21-10-8-18-7-4-9-20-18)16-23-13-11-22(12-14-23)15-17-5-2-1-3-6-17/h1-3,5-6,18,20H,4,7-16H2,(H,21,24). The van der Waals surface area contributed by atoms with Gasteiger partial charge in [0.25, 0.3) is 0 Å². The summed E-state index contributed by atoms with van der Waals surface area (Å²) in [6.45, 7) is 7.50. The minimum Gasteiger partial charge on any atom is -0.355 e. The fourth-order valence-electron chi connectivity index (χ4n) is 3.60. The Morgan fingerprint density at radius 2 is 1.88 bits per heavy atom. The van der Waals surface area contributed by atoms with Gasteiger partial charge in [0.15, 0.2) is 0 Å². The molecule has 2 fully saturated rings. The highest BCUT2D eigenvalue weighted by Gasteiger charge is 2.19. The Labute approximate surface area is 145 Å². The van der Waals surface area contributed by atoms with Crippen molar-refractivity contribution in [1.82, 2.24) is 20.4 Å². The van der Waals surface area contributed by atoms with Gasteiger partial charge in [0.1, 0.15) is 0 Å². The molecule has 2 heterocycles. The Balaban J connectivity index is 1.29. The van der Waals surface area contributed by atoms with Gasteiger partial charge in [-0.05, 0) is 31.4 Å². The van der Waals surface area contributed by atoms with E-state index in [1.807, 2.05) is 0 Å². The fraction of sp³-hybridized carbons (Fsp3) is 0.632. The quantitative estimate of drug-likeness (QED) is 0.785. The second-order valence-electron chi connectivity index (χ2n) is 6.97. The molecular formula is C19H30N4O. The summed E-state index contributed by atoms with van der Waals surface area (Å²) in [5.74, 6) is 0.171. The predicted octanol–water partition coefficient (Wildman–Crippen LogP) is 1.06. The molecule has 2 N–H and O–H groups in total. The maximum Gasteiger partial charge on any atom is 0.234 e. The number of hydrogen-bond donors (Lipinski definition) is 2. The highest BCUT2D eigenvalue weighted by Crippen LogP contribution is 2.09. The van der Waals surface area contributed by atoms with E-state index in [0.29, 0.717) is 12.6 Å². The molecule has 0 saturated carbocycles. The van der Waals surface area contributed by atoms with Crippen molar-refractivity contribution in [1.29, 1.82) is 0 Å². The summed E-state index contributed by atoms with van der Waals surface area (Å²) < 4.78 is 0. The van der Waals surface area contributed by atoms with Crippen LogP contribution in [0.2, 0.25) is 0 Å². The number of piperazine rings is 1.